The number of ether oxygens (including phenoxy) is 2. The fourth-order valence-electron chi connectivity index (χ4n) is 1.14. The lowest BCUT2D eigenvalue weighted by Gasteiger charge is -2.12. The molecule has 0 aliphatic heterocycles. The number of benzene rings is 1. The number of methoxy groups -OCH3 is 1. The highest BCUT2D eigenvalue weighted by molar-refractivity contribution is 9.10. The molecule has 0 saturated carbocycles. The topological polar surface area (TPSA) is 78.7 Å². The molecule has 0 saturated heterocycles. The van der Waals surface area contributed by atoms with Crippen LogP contribution in [0.2, 0.25) is 0 Å². The molecule has 0 bridgehead atoms. The van der Waals surface area contributed by atoms with Crippen molar-refractivity contribution in [1.29, 1.82) is 0 Å². The Kier molecular flexibility index (Phi) is 4.45. The smallest absolute Gasteiger partial charge is 0.346 e. The molecule has 0 N–H and O–H groups in total. The molecule has 0 aliphatic carbocycles. The number of rotatable bonds is 4. The summed E-state index contributed by atoms with van der Waals surface area (Å²) in [5.74, 6) is -0.571. The molecular formula is C10H10BrNO5. The second-order valence-corrected chi connectivity index (χ2v) is 4.07. The number of hydrogen-bond donors (Lipinski definition) is 0. The fraction of sp³-hybridized carbons (Fsp3) is 0.300. The molecule has 0 spiro atoms. The summed E-state index contributed by atoms with van der Waals surface area (Å²) in [4.78, 5) is 21.3. The molecule has 92 valence electrons. The normalized spacial score (nSPS) is 11.7. The Morgan fingerprint density at radius 2 is 2.18 bits per heavy atom. The molecule has 0 heterocycles. The molecule has 0 unspecified atom stereocenters. The van der Waals surface area contributed by atoms with Crippen molar-refractivity contribution in [2.75, 3.05) is 7.11 Å². The predicted molar refractivity (Wildman–Crippen MR) is 62.9 cm³/mol. The Hall–Kier alpha value is -1.63. The number of hydrogen-bond acceptors (Lipinski definition) is 5. The molecule has 1 aromatic carbocycles. The van der Waals surface area contributed by atoms with Crippen LogP contribution in [0.25, 0.3) is 0 Å². The maximum Gasteiger partial charge on any atom is 0.346 e. The fourth-order valence-corrected chi connectivity index (χ4v) is 1.49. The average molecular weight is 304 g/mol. The summed E-state index contributed by atoms with van der Waals surface area (Å²) in [5.41, 5.74) is -0.213. The number of nitrogens with zero attached hydrogens (tertiary/aromatic N) is 1. The number of esters is 1. The second kappa shape index (κ2) is 5.62. The Balaban J connectivity index is 2.98. The van der Waals surface area contributed by atoms with Gasteiger partial charge in [-0.05, 0) is 19.1 Å². The van der Waals surface area contributed by atoms with Gasteiger partial charge in [0.1, 0.15) is 0 Å². The van der Waals surface area contributed by atoms with Crippen LogP contribution >= 0.6 is 15.9 Å². The van der Waals surface area contributed by atoms with E-state index >= 15 is 0 Å². The first-order valence-electron chi connectivity index (χ1n) is 4.64. The lowest BCUT2D eigenvalue weighted by molar-refractivity contribution is -0.386. The first kappa shape index (κ1) is 13.4. The summed E-state index contributed by atoms with van der Waals surface area (Å²) in [6, 6.07) is 4.31. The van der Waals surface area contributed by atoms with Crippen molar-refractivity contribution in [3.63, 3.8) is 0 Å². The molecule has 17 heavy (non-hydrogen) atoms. The van der Waals surface area contributed by atoms with Gasteiger partial charge < -0.3 is 9.47 Å². The Bertz CT molecular complexity index is 448. The summed E-state index contributed by atoms with van der Waals surface area (Å²) < 4.78 is 10.2. The Morgan fingerprint density at radius 3 is 2.71 bits per heavy atom. The first-order chi connectivity index (χ1) is 7.95. The zero-order valence-electron chi connectivity index (χ0n) is 9.18. The first-order valence-corrected chi connectivity index (χ1v) is 5.43. The summed E-state index contributed by atoms with van der Waals surface area (Å²) >= 11 is 3.12. The highest BCUT2D eigenvalue weighted by atomic mass is 79.9. The number of nitro groups is 1. The van der Waals surface area contributed by atoms with Gasteiger partial charge in [0.25, 0.3) is 0 Å². The zero-order chi connectivity index (χ0) is 13.0. The predicted octanol–water partition coefficient (Wildman–Crippen LogP) is 2.30. The number of carbonyl (C=O) groups is 1. The maximum absolute atomic E-state index is 11.1. The molecule has 6 nitrogen and oxygen atoms in total. The molecule has 0 radical (unpaired) electrons. The van der Waals surface area contributed by atoms with Crippen LogP contribution in [-0.2, 0) is 9.53 Å². The van der Waals surface area contributed by atoms with Crippen molar-refractivity contribution in [3.8, 4) is 5.75 Å². The van der Waals surface area contributed by atoms with Gasteiger partial charge >= 0.3 is 11.7 Å². The van der Waals surface area contributed by atoms with Gasteiger partial charge in [-0.2, -0.15) is 0 Å². The average Bonchev–Trinajstić information content (AvgIpc) is 2.29. The largest absolute Gasteiger partial charge is 0.472 e. The number of carbonyl (C=O) groups excluding carboxylic acids is 1. The third-order valence-corrected chi connectivity index (χ3v) is 2.45. The van der Waals surface area contributed by atoms with E-state index in [1.165, 1.54) is 26.2 Å². The molecule has 0 aromatic heterocycles. The minimum absolute atomic E-state index is 0.0242. The van der Waals surface area contributed by atoms with Crippen LogP contribution in [0.4, 0.5) is 5.69 Å². The van der Waals surface area contributed by atoms with E-state index in [4.69, 9.17) is 4.74 Å². The Labute approximate surface area is 106 Å². The van der Waals surface area contributed by atoms with Crippen molar-refractivity contribution >= 4 is 27.6 Å². The van der Waals surface area contributed by atoms with Crippen LogP contribution in [0.15, 0.2) is 22.7 Å². The summed E-state index contributed by atoms with van der Waals surface area (Å²) in [7, 11) is 1.22. The van der Waals surface area contributed by atoms with E-state index < -0.39 is 17.0 Å². The van der Waals surface area contributed by atoms with E-state index in [1.807, 2.05) is 0 Å². The van der Waals surface area contributed by atoms with Crippen molar-refractivity contribution in [3.05, 3.63) is 32.8 Å². The maximum atomic E-state index is 11.1. The van der Waals surface area contributed by atoms with Crippen LogP contribution in [0.3, 0.4) is 0 Å². The van der Waals surface area contributed by atoms with Gasteiger partial charge in [-0.3, -0.25) is 10.1 Å². The molecule has 0 fully saturated rings. The van der Waals surface area contributed by atoms with Gasteiger partial charge in [0, 0.05) is 10.5 Å². The van der Waals surface area contributed by atoms with E-state index in [9.17, 15) is 14.9 Å². The van der Waals surface area contributed by atoms with Crippen LogP contribution in [-0.4, -0.2) is 24.1 Å². The van der Waals surface area contributed by atoms with E-state index in [0.29, 0.717) is 4.47 Å². The molecule has 1 rings (SSSR count). The molecule has 1 atom stereocenters. The highest BCUT2D eigenvalue weighted by Crippen LogP contribution is 2.30. The van der Waals surface area contributed by atoms with E-state index in [0.717, 1.165) is 0 Å². The third kappa shape index (κ3) is 3.42. The quantitative estimate of drug-likeness (QED) is 0.484. The van der Waals surface area contributed by atoms with Crippen LogP contribution < -0.4 is 4.74 Å². The lowest BCUT2D eigenvalue weighted by Crippen LogP contribution is -2.25. The molecular weight excluding hydrogens is 294 g/mol. The number of nitro benzene ring substituents is 1. The van der Waals surface area contributed by atoms with Crippen LogP contribution in [0.1, 0.15) is 6.92 Å². The molecule has 0 aliphatic rings. The lowest BCUT2D eigenvalue weighted by atomic mass is 10.3. The highest BCUT2D eigenvalue weighted by Gasteiger charge is 2.21. The minimum atomic E-state index is -0.903. The summed E-state index contributed by atoms with van der Waals surface area (Å²) in [6.07, 6.45) is -0.903. The van der Waals surface area contributed by atoms with E-state index in [1.54, 1.807) is 6.07 Å². The van der Waals surface area contributed by atoms with Crippen molar-refractivity contribution in [2.24, 2.45) is 0 Å². The summed E-state index contributed by atoms with van der Waals surface area (Å²) in [5, 5.41) is 10.8. The van der Waals surface area contributed by atoms with Gasteiger partial charge in [0.15, 0.2) is 11.9 Å². The van der Waals surface area contributed by atoms with Gasteiger partial charge in [-0.1, -0.05) is 15.9 Å². The molecule has 1 aromatic rings. The van der Waals surface area contributed by atoms with Crippen molar-refractivity contribution in [2.45, 2.75) is 13.0 Å². The Morgan fingerprint density at radius 1 is 1.53 bits per heavy atom. The van der Waals surface area contributed by atoms with E-state index in [2.05, 4.69) is 20.7 Å². The standard InChI is InChI=1S/C10H10BrNO5/c1-6(10(13)16-2)17-9-4-3-7(11)5-8(9)12(14)15/h3-6H,1-2H3/t6-/m1/s1. The van der Waals surface area contributed by atoms with Crippen molar-refractivity contribution in [1.82, 2.24) is 0 Å². The van der Waals surface area contributed by atoms with Gasteiger partial charge in [0.2, 0.25) is 0 Å². The molecule has 7 heteroatoms. The van der Waals surface area contributed by atoms with E-state index in [-0.39, 0.29) is 11.4 Å². The number of halogens is 1. The SMILES string of the molecule is COC(=O)[C@@H](C)Oc1ccc(Br)cc1[N+](=O)[O-]. The second-order valence-electron chi connectivity index (χ2n) is 3.15. The van der Waals surface area contributed by atoms with Crippen LogP contribution in [0.5, 0.6) is 5.75 Å². The van der Waals surface area contributed by atoms with Gasteiger partial charge in [-0.25, -0.2) is 4.79 Å². The van der Waals surface area contributed by atoms with Gasteiger partial charge in [-0.15, -0.1) is 0 Å². The summed E-state index contributed by atoms with van der Waals surface area (Å²) in [6.45, 7) is 1.46. The minimum Gasteiger partial charge on any atom is -0.472 e. The van der Waals surface area contributed by atoms with Crippen LogP contribution in [0, 0.1) is 10.1 Å². The van der Waals surface area contributed by atoms with Gasteiger partial charge in [0.05, 0.1) is 12.0 Å². The molecule has 0 amide bonds. The monoisotopic (exact) mass is 303 g/mol. The zero-order valence-corrected chi connectivity index (χ0v) is 10.8. The van der Waals surface area contributed by atoms with Crippen molar-refractivity contribution < 1.29 is 19.2 Å². The third-order valence-electron chi connectivity index (χ3n) is 1.95.